The number of aromatic nitrogens is 3. The van der Waals surface area contributed by atoms with E-state index in [0.717, 1.165) is 12.2 Å². The van der Waals surface area contributed by atoms with Crippen molar-refractivity contribution >= 4 is 15.9 Å². The average molecular weight is 260 g/mol. The summed E-state index contributed by atoms with van der Waals surface area (Å²) in [6, 6.07) is 0. The molecule has 0 amide bonds. The zero-order chi connectivity index (χ0) is 10.4. The molecule has 0 aromatic carbocycles. The molecular weight excluding hydrogens is 242 g/mol. The lowest BCUT2D eigenvalue weighted by atomic mass is 10.1. The van der Waals surface area contributed by atoms with Gasteiger partial charge in [-0.2, -0.15) is 5.10 Å². The summed E-state index contributed by atoms with van der Waals surface area (Å²) < 4.78 is 1.85. The van der Waals surface area contributed by atoms with Crippen molar-refractivity contribution in [3.05, 3.63) is 12.2 Å². The molecule has 3 nitrogen and oxygen atoms in total. The molecule has 80 valence electrons. The SMILES string of the molecule is CCCC(Br)CCCc1ncnn1C. The van der Waals surface area contributed by atoms with Gasteiger partial charge in [0.05, 0.1) is 0 Å². The largest absolute Gasteiger partial charge is 0.253 e. The third kappa shape index (κ3) is 3.78. The van der Waals surface area contributed by atoms with Gasteiger partial charge in [0.15, 0.2) is 0 Å². The topological polar surface area (TPSA) is 30.7 Å². The van der Waals surface area contributed by atoms with Crippen LogP contribution in [0.3, 0.4) is 0 Å². The van der Waals surface area contributed by atoms with Gasteiger partial charge in [0.25, 0.3) is 0 Å². The highest BCUT2D eigenvalue weighted by Gasteiger charge is 2.04. The molecule has 1 unspecified atom stereocenters. The van der Waals surface area contributed by atoms with Gasteiger partial charge >= 0.3 is 0 Å². The average Bonchev–Trinajstić information content (AvgIpc) is 2.52. The van der Waals surface area contributed by atoms with Gasteiger partial charge in [-0.1, -0.05) is 29.3 Å². The zero-order valence-corrected chi connectivity index (χ0v) is 10.5. The van der Waals surface area contributed by atoms with Crippen LogP contribution in [0.25, 0.3) is 0 Å². The summed E-state index contributed by atoms with van der Waals surface area (Å²) in [7, 11) is 1.94. The van der Waals surface area contributed by atoms with Crippen LogP contribution in [0.2, 0.25) is 0 Å². The third-order valence-electron chi connectivity index (χ3n) is 2.32. The highest BCUT2D eigenvalue weighted by molar-refractivity contribution is 9.09. The Kier molecular flexibility index (Phi) is 5.15. The molecule has 0 bridgehead atoms. The second kappa shape index (κ2) is 6.17. The smallest absolute Gasteiger partial charge is 0.138 e. The molecule has 0 fully saturated rings. The molecule has 0 spiro atoms. The maximum atomic E-state index is 4.20. The summed E-state index contributed by atoms with van der Waals surface area (Å²) in [5.41, 5.74) is 0. The fourth-order valence-corrected chi connectivity index (χ4v) is 2.27. The molecule has 0 aliphatic heterocycles. The molecule has 0 N–H and O–H groups in total. The van der Waals surface area contributed by atoms with E-state index in [1.54, 1.807) is 6.33 Å². The molecule has 0 saturated heterocycles. The fraction of sp³-hybridized carbons (Fsp3) is 0.800. The molecule has 1 aromatic heterocycles. The van der Waals surface area contributed by atoms with Gasteiger partial charge in [0.1, 0.15) is 12.2 Å². The minimum absolute atomic E-state index is 0.667. The Morgan fingerprint density at radius 1 is 1.50 bits per heavy atom. The van der Waals surface area contributed by atoms with Crippen LogP contribution >= 0.6 is 15.9 Å². The van der Waals surface area contributed by atoms with Crippen molar-refractivity contribution in [2.24, 2.45) is 7.05 Å². The van der Waals surface area contributed by atoms with Crippen molar-refractivity contribution in [3.63, 3.8) is 0 Å². The van der Waals surface area contributed by atoms with E-state index in [9.17, 15) is 0 Å². The third-order valence-corrected chi connectivity index (χ3v) is 3.24. The number of rotatable bonds is 6. The maximum absolute atomic E-state index is 4.20. The van der Waals surface area contributed by atoms with Gasteiger partial charge in [-0.05, 0) is 19.3 Å². The standard InChI is InChI=1S/C10H18BrN3/c1-3-5-9(11)6-4-7-10-12-8-13-14(10)2/h8-9H,3-7H2,1-2H3. The van der Waals surface area contributed by atoms with Gasteiger partial charge in [-0.25, -0.2) is 4.98 Å². The lowest BCUT2D eigenvalue weighted by molar-refractivity contribution is 0.618. The number of halogens is 1. The van der Waals surface area contributed by atoms with Crippen LogP contribution in [0, 0.1) is 0 Å². The number of aryl methyl sites for hydroxylation is 2. The highest BCUT2D eigenvalue weighted by Crippen LogP contribution is 2.15. The molecule has 0 aliphatic carbocycles. The lowest BCUT2D eigenvalue weighted by Crippen LogP contribution is -2.02. The van der Waals surface area contributed by atoms with Crippen LogP contribution in [0.15, 0.2) is 6.33 Å². The zero-order valence-electron chi connectivity index (χ0n) is 8.91. The molecular formula is C10H18BrN3. The molecule has 14 heavy (non-hydrogen) atoms. The molecule has 4 heteroatoms. The van der Waals surface area contributed by atoms with Crippen molar-refractivity contribution in [3.8, 4) is 0 Å². The molecule has 1 heterocycles. The highest BCUT2D eigenvalue weighted by atomic mass is 79.9. The van der Waals surface area contributed by atoms with Crippen LogP contribution in [-0.4, -0.2) is 19.6 Å². The molecule has 1 atom stereocenters. The lowest BCUT2D eigenvalue weighted by Gasteiger charge is -2.07. The number of nitrogens with zero attached hydrogens (tertiary/aromatic N) is 3. The van der Waals surface area contributed by atoms with E-state index in [0.29, 0.717) is 4.83 Å². The molecule has 0 aliphatic rings. The molecule has 1 rings (SSSR count). The first-order chi connectivity index (χ1) is 6.74. The predicted octanol–water partition coefficient (Wildman–Crippen LogP) is 2.70. The Morgan fingerprint density at radius 2 is 2.29 bits per heavy atom. The first kappa shape index (κ1) is 11.7. The molecule has 0 saturated carbocycles. The van der Waals surface area contributed by atoms with E-state index in [4.69, 9.17) is 0 Å². The van der Waals surface area contributed by atoms with Crippen molar-refractivity contribution in [2.75, 3.05) is 0 Å². The Morgan fingerprint density at radius 3 is 2.86 bits per heavy atom. The van der Waals surface area contributed by atoms with Crippen LogP contribution in [0.1, 0.15) is 38.4 Å². The van der Waals surface area contributed by atoms with Gasteiger partial charge in [0, 0.05) is 18.3 Å². The summed E-state index contributed by atoms with van der Waals surface area (Å²) in [5, 5.41) is 4.04. The summed E-state index contributed by atoms with van der Waals surface area (Å²) >= 11 is 3.68. The van der Waals surface area contributed by atoms with Crippen molar-refractivity contribution in [2.45, 2.75) is 43.9 Å². The van der Waals surface area contributed by atoms with Crippen molar-refractivity contribution < 1.29 is 0 Å². The van der Waals surface area contributed by atoms with E-state index in [-0.39, 0.29) is 0 Å². The maximum Gasteiger partial charge on any atom is 0.138 e. The summed E-state index contributed by atoms with van der Waals surface area (Å²) in [4.78, 5) is 4.86. The summed E-state index contributed by atoms with van der Waals surface area (Å²) in [6.45, 7) is 2.22. The van der Waals surface area contributed by atoms with Crippen LogP contribution in [-0.2, 0) is 13.5 Å². The molecule has 0 radical (unpaired) electrons. The van der Waals surface area contributed by atoms with Crippen molar-refractivity contribution in [1.82, 2.24) is 14.8 Å². The first-order valence-corrected chi connectivity index (χ1v) is 6.12. The summed E-state index contributed by atoms with van der Waals surface area (Å²) in [6.07, 6.45) is 7.57. The number of hydrogen-bond acceptors (Lipinski definition) is 2. The van der Waals surface area contributed by atoms with Crippen LogP contribution in [0.4, 0.5) is 0 Å². The normalized spacial score (nSPS) is 13.1. The van der Waals surface area contributed by atoms with Gasteiger partial charge in [-0.3, -0.25) is 4.68 Å². The second-order valence-electron chi connectivity index (χ2n) is 3.58. The minimum Gasteiger partial charge on any atom is -0.253 e. The number of alkyl halides is 1. The Labute approximate surface area is 94.0 Å². The second-order valence-corrected chi connectivity index (χ2v) is 4.87. The Balaban J connectivity index is 2.19. The Hall–Kier alpha value is -0.380. The van der Waals surface area contributed by atoms with E-state index in [1.165, 1.54) is 25.7 Å². The van der Waals surface area contributed by atoms with E-state index < -0.39 is 0 Å². The first-order valence-electron chi connectivity index (χ1n) is 5.21. The monoisotopic (exact) mass is 259 g/mol. The minimum atomic E-state index is 0.667. The van der Waals surface area contributed by atoms with Crippen molar-refractivity contribution in [1.29, 1.82) is 0 Å². The van der Waals surface area contributed by atoms with E-state index in [2.05, 4.69) is 32.9 Å². The van der Waals surface area contributed by atoms with Gasteiger partial charge < -0.3 is 0 Å². The fourth-order valence-electron chi connectivity index (χ4n) is 1.49. The predicted molar refractivity (Wildman–Crippen MR) is 61.6 cm³/mol. The quantitative estimate of drug-likeness (QED) is 0.736. The summed E-state index contributed by atoms with van der Waals surface area (Å²) in [5.74, 6) is 1.08. The molecule has 1 aromatic rings. The van der Waals surface area contributed by atoms with Crippen LogP contribution < -0.4 is 0 Å². The number of hydrogen-bond donors (Lipinski definition) is 0. The van der Waals surface area contributed by atoms with Gasteiger partial charge in [0.2, 0.25) is 0 Å². The van der Waals surface area contributed by atoms with E-state index in [1.807, 2.05) is 11.7 Å². The van der Waals surface area contributed by atoms with Gasteiger partial charge in [-0.15, -0.1) is 0 Å². The Bertz CT molecular complexity index is 260. The van der Waals surface area contributed by atoms with E-state index >= 15 is 0 Å². The van der Waals surface area contributed by atoms with Crippen LogP contribution in [0.5, 0.6) is 0 Å².